The fourth-order valence-electron chi connectivity index (χ4n) is 4.19. The minimum atomic E-state index is -0.936. The van der Waals surface area contributed by atoms with Crippen molar-refractivity contribution < 1.29 is 28.5 Å². The van der Waals surface area contributed by atoms with Gasteiger partial charge in [-0.3, -0.25) is 0 Å². The maximum absolute atomic E-state index is 12.0. The third-order valence-corrected chi connectivity index (χ3v) is 5.67. The first kappa shape index (κ1) is 21.8. The largest absolute Gasteiger partial charge is 0.508 e. The summed E-state index contributed by atoms with van der Waals surface area (Å²) in [7, 11) is 0. The number of anilines is 1. The summed E-state index contributed by atoms with van der Waals surface area (Å²) in [5.74, 6) is -0.433. The van der Waals surface area contributed by atoms with Crippen LogP contribution in [0.1, 0.15) is 58.8 Å². The van der Waals surface area contributed by atoms with Crippen molar-refractivity contribution in [1.82, 2.24) is 14.6 Å². The first-order valence-corrected chi connectivity index (χ1v) is 10.7. The lowest BCUT2D eigenvalue weighted by Crippen LogP contribution is -2.45. The van der Waals surface area contributed by atoms with Gasteiger partial charge in [0.25, 0.3) is 0 Å². The average molecular weight is 434 g/mol. The van der Waals surface area contributed by atoms with Crippen LogP contribution in [0.5, 0.6) is 0 Å². The number of nitrogens with zero attached hydrogens (tertiary/aromatic N) is 3. The van der Waals surface area contributed by atoms with Crippen molar-refractivity contribution in [2.45, 2.75) is 76.7 Å². The Kier molecular flexibility index (Phi) is 5.80. The van der Waals surface area contributed by atoms with E-state index in [4.69, 9.17) is 29.4 Å². The number of aromatic nitrogens is 3. The van der Waals surface area contributed by atoms with Crippen LogP contribution in [0.15, 0.2) is 18.5 Å². The fraction of sp³-hybridized carbons (Fsp3) is 0.667. The van der Waals surface area contributed by atoms with Gasteiger partial charge >= 0.3 is 6.16 Å². The van der Waals surface area contributed by atoms with Crippen molar-refractivity contribution in [3.05, 3.63) is 24.2 Å². The topological polar surface area (TPSA) is 119 Å². The molecule has 0 aromatic carbocycles. The molecule has 2 aliphatic rings. The summed E-state index contributed by atoms with van der Waals surface area (Å²) in [4.78, 5) is 16.1. The molecule has 10 nitrogen and oxygen atoms in total. The van der Waals surface area contributed by atoms with Gasteiger partial charge in [-0.05, 0) is 39.3 Å². The molecule has 2 aliphatic heterocycles. The van der Waals surface area contributed by atoms with Crippen molar-refractivity contribution in [2.24, 2.45) is 0 Å². The molecule has 4 rings (SSSR count). The molecule has 0 unspecified atom stereocenters. The predicted octanol–water partition coefficient (Wildman–Crippen LogP) is 3.01. The second-order valence-electron chi connectivity index (χ2n) is 8.67. The molecule has 0 aliphatic carbocycles. The summed E-state index contributed by atoms with van der Waals surface area (Å²) in [5.41, 5.74) is 6.47. The zero-order chi connectivity index (χ0) is 22.2. The predicted molar refractivity (Wildman–Crippen MR) is 110 cm³/mol. The molecule has 170 valence electrons. The Hall–Kier alpha value is -2.43. The van der Waals surface area contributed by atoms with E-state index in [1.807, 2.05) is 32.9 Å². The smallest absolute Gasteiger partial charge is 0.434 e. The molecule has 0 bridgehead atoms. The van der Waals surface area contributed by atoms with Gasteiger partial charge in [-0.15, -0.1) is 0 Å². The van der Waals surface area contributed by atoms with E-state index >= 15 is 0 Å². The molecule has 2 aromatic heterocycles. The van der Waals surface area contributed by atoms with Gasteiger partial charge < -0.3 is 29.4 Å². The van der Waals surface area contributed by atoms with Crippen LogP contribution < -0.4 is 5.73 Å². The zero-order valence-electron chi connectivity index (χ0n) is 18.4. The van der Waals surface area contributed by atoms with E-state index < -0.39 is 35.9 Å². The van der Waals surface area contributed by atoms with Crippen LogP contribution in [0.25, 0.3) is 5.52 Å². The highest BCUT2D eigenvalue weighted by molar-refractivity contribution is 5.65. The van der Waals surface area contributed by atoms with E-state index in [1.54, 1.807) is 4.52 Å². The number of carbonyl (C=O) groups is 1. The van der Waals surface area contributed by atoms with Crippen LogP contribution in [-0.2, 0) is 23.7 Å². The Morgan fingerprint density at radius 3 is 2.77 bits per heavy atom. The van der Waals surface area contributed by atoms with Crippen LogP contribution in [0.2, 0.25) is 0 Å². The number of unbranched alkanes of at least 4 members (excludes halogenated alkanes) is 2. The molecule has 2 fully saturated rings. The van der Waals surface area contributed by atoms with E-state index in [1.165, 1.54) is 6.33 Å². The van der Waals surface area contributed by atoms with Gasteiger partial charge in [0.2, 0.25) is 0 Å². The standard InChI is InChI=1S/C21H30N4O6/c1-5-6-7-10-27-19(26)28-11-21(4)17-16(29-20(2,3)31-17)15(30-21)13-8-9-14-18(22)23-12-24-25(13)14/h8-9,12,15-17H,5-7,10-11H2,1-4H3,(H2,22,23,24)/t15-,16-,17-,21+/m0/s1. The third-order valence-electron chi connectivity index (χ3n) is 5.67. The van der Waals surface area contributed by atoms with Crippen molar-refractivity contribution in [3.63, 3.8) is 0 Å². The van der Waals surface area contributed by atoms with Gasteiger partial charge in [-0.25, -0.2) is 14.3 Å². The number of hydrogen-bond donors (Lipinski definition) is 1. The SMILES string of the molecule is CCCCCOC(=O)OC[C@@]1(C)O[C@@H](c2ccc3c(N)ncnn23)[C@@H]2OC(C)(C)O[C@@H]21. The Morgan fingerprint density at radius 2 is 2.00 bits per heavy atom. The number of carbonyl (C=O) groups excluding carboxylic acids is 1. The van der Waals surface area contributed by atoms with Crippen LogP contribution in [-0.4, -0.2) is 57.6 Å². The number of hydrogen-bond acceptors (Lipinski definition) is 9. The van der Waals surface area contributed by atoms with E-state index in [2.05, 4.69) is 17.0 Å². The van der Waals surface area contributed by atoms with Crippen molar-refractivity contribution in [2.75, 3.05) is 18.9 Å². The number of nitrogens with two attached hydrogens (primary N) is 1. The minimum absolute atomic E-state index is 0.0306. The van der Waals surface area contributed by atoms with E-state index in [0.29, 0.717) is 17.9 Å². The maximum atomic E-state index is 12.0. The Balaban J connectivity index is 1.53. The van der Waals surface area contributed by atoms with Gasteiger partial charge in [0, 0.05) is 0 Å². The third kappa shape index (κ3) is 4.19. The Morgan fingerprint density at radius 1 is 1.19 bits per heavy atom. The number of nitrogen functional groups attached to an aromatic ring is 1. The van der Waals surface area contributed by atoms with Crippen molar-refractivity contribution in [1.29, 1.82) is 0 Å². The van der Waals surface area contributed by atoms with Crippen LogP contribution in [0.3, 0.4) is 0 Å². The molecule has 4 atom stereocenters. The summed E-state index contributed by atoms with van der Waals surface area (Å²) >= 11 is 0. The van der Waals surface area contributed by atoms with E-state index in [0.717, 1.165) is 25.0 Å². The van der Waals surface area contributed by atoms with Crippen LogP contribution in [0, 0.1) is 0 Å². The van der Waals surface area contributed by atoms with E-state index in [-0.39, 0.29) is 6.61 Å². The van der Waals surface area contributed by atoms with Gasteiger partial charge in [0.1, 0.15) is 42.4 Å². The lowest BCUT2D eigenvalue weighted by atomic mass is 9.97. The molecule has 0 radical (unpaired) electrons. The van der Waals surface area contributed by atoms with Gasteiger partial charge in [-0.2, -0.15) is 5.10 Å². The molecule has 0 amide bonds. The highest BCUT2D eigenvalue weighted by Gasteiger charge is 2.62. The minimum Gasteiger partial charge on any atom is -0.434 e. The summed E-state index contributed by atoms with van der Waals surface area (Å²) in [5, 5.41) is 4.31. The first-order chi connectivity index (χ1) is 14.7. The molecule has 31 heavy (non-hydrogen) atoms. The lowest BCUT2D eigenvalue weighted by molar-refractivity contribution is -0.214. The van der Waals surface area contributed by atoms with E-state index in [9.17, 15) is 4.79 Å². The second-order valence-corrected chi connectivity index (χ2v) is 8.67. The van der Waals surface area contributed by atoms with Gasteiger partial charge in [0.05, 0.1) is 12.3 Å². The monoisotopic (exact) mass is 434 g/mol. The lowest BCUT2D eigenvalue weighted by Gasteiger charge is -2.30. The summed E-state index contributed by atoms with van der Waals surface area (Å²) in [6.07, 6.45) is 2.16. The molecular weight excluding hydrogens is 404 g/mol. The van der Waals surface area contributed by atoms with Crippen LogP contribution in [0.4, 0.5) is 10.6 Å². The molecular formula is C21H30N4O6. The molecule has 2 N–H and O–H groups in total. The maximum Gasteiger partial charge on any atom is 0.508 e. The highest BCUT2D eigenvalue weighted by Crippen LogP contribution is 2.50. The number of ether oxygens (including phenoxy) is 5. The van der Waals surface area contributed by atoms with Gasteiger partial charge in [0.15, 0.2) is 11.6 Å². The van der Waals surface area contributed by atoms with Crippen molar-refractivity contribution >= 4 is 17.5 Å². The molecule has 0 saturated carbocycles. The Labute approximate surface area is 180 Å². The first-order valence-electron chi connectivity index (χ1n) is 10.7. The average Bonchev–Trinajstić information content (AvgIpc) is 3.36. The highest BCUT2D eigenvalue weighted by atomic mass is 16.8. The quantitative estimate of drug-likeness (QED) is 0.518. The number of fused-ring (bicyclic) bond motifs is 2. The zero-order valence-corrected chi connectivity index (χ0v) is 18.4. The normalized spacial score (nSPS) is 29.2. The Bertz CT molecular complexity index is 947. The molecule has 4 heterocycles. The fourth-order valence-corrected chi connectivity index (χ4v) is 4.19. The molecule has 0 spiro atoms. The van der Waals surface area contributed by atoms with Crippen LogP contribution >= 0.6 is 0 Å². The molecule has 10 heteroatoms. The van der Waals surface area contributed by atoms with Gasteiger partial charge in [-0.1, -0.05) is 19.8 Å². The molecule has 2 saturated heterocycles. The number of rotatable bonds is 7. The summed E-state index contributed by atoms with van der Waals surface area (Å²) in [6, 6.07) is 3.72. The van der Waals surface area contributed by atoms with Crippen molar-refractivity contribution in [3.8, 4) is 0 Å². The summed E-state index contributed by atoms with van der Waals surface area (Å²) in [6.45, 7) is 7.94. The molecule has 2 aromatic rings. The second kappa shape index (κ2) is 8.25. The summed E-state index contributed by atoms with van der Waals surface area (Å²) < 4.78 is 30.9.